The topological polar surface area (TPSA) is 114 Å². The Labute approximate surface area is 230 Å². The van der Waals surface area contributed by atoms with Crippen molar-refractivity contribution in [3.8, 4) is 28.0 Å². The Morgan fingerprint density at radius 2 is 1.57 bits per heavy atom. The number of nitrogens with one attached hydrogen (secondary N) is 2. The van der Waals surface area contributed by atoms with Gasteiger partial charge in [0.1, 0.15) is 18.4 Å². The van der Waals surface area contributed by atoms with E-state index >= 15 is 0 Å². The molecule has 1 atom stereocenters. The lowest BCUT2D eigenvalue weighted by Gasteiger charge is -2.19. The second-order valence-corrected chi connectivity index (χ2v) is 9.81. The van der Waals surface area contributed by atoms with Crippen molar-refractivity contribution in [2.75, 3.05) is 18.5 Å². The molecule has 1 aliphatic carbocycles. The first-order valence-electron chi connectivity index (χ1n) is 13.0. The second kappa shape index (κ2) is 10.6. The molecule has 2 amide bonds. The molecular weight excluding hydrogens is 508 g/mol. The zero-order valence-corrected chi connectivity index (χ0v) is 21.4. The molecule has 1 aliphatic heterocycles. The Balaban J connectivity index is 1.09. The molecule has 1 heterocycles. The molecule has 3 N–H and O–H groups in total. The minimum absolute atomic E-state index is 0.0252. The van der Waals surface area contributed by atoms with Crippen LogP contribution in [0.5, 0.6) is 5.75 Å². The Morgan fingerprint density at radius 1 is 0.925 bits per heavy atom. The smallest absolute Gasteiger partial charge is 0.407 e. The van der Waals surface area contributed by atoms with Crippen LogP contribution in [0.2, 0.25) is 0 Å². The molecule has 0 unspecified atom stereocenters. The number of carbonyl (C=O) groups excluding carboxylic acids is 2. The first-order valence-corrected chi connectivity index (χ1v) is 13.0. The molecule has 8 nitrogen and oxygen atoms in total. The third-order valence-corrected chi connectivity index (χ3v) is 7.28. The average Bonchev–Trinajstić information content (AvgIpc) is 3.29. The van der Waals surface area contributed by atoms with Crippen molar-refractivity contribution in [2.24, 2.45) is 0 Å². The normalized spacial score (nSPS) is 14.2. The van der Waals surface area contributed by atoms with Crippen molar-refractivity contribution in [3.05, 3.63) is 108 Å². The first-order chi connectivity index (χ1) is 19.5. The third kappa shape index (κ3) is 4.99. The van der Waals surface area contributed by atoms with Gasteiger partial charge in [0.15, 0.2) is 6.61 Å². The predicted molar refractivity (Wildman–Crippen MR) is 149 cm³/mol. The number of carbonyl (C=O) groups is 3. The molecule has 2 aliphatic rings. The van der Waals surface area contributed by atoms with Crippen LogP contribution in [-0.4, -0.2) is 42.3 Å². The highest BCUT2D eigenvalue weighted by atomic mass is 16.5. The van der Waals surface area contributed by atoms with E-state index in [9.17, 15) is 19.5 Å². The Hall–Kier alpha value is -5.11. The molecule has 4 aromatic carbocycles. The van der Waals surface area contributed by atoms with Gasteiger partial charge < -0.3 is 25.2 Å². The summed E-state index contributed by atoms with van der Waals surface area (Å²) in [7, 11) is 0. The molecular formula is C32H26N2O6. The number of amides is 2. The van der Waals surface area contributed by atoms with Gasteiger partial charge in [-0.25, -0.2) is 9.59 Å². The van der Waals surface area contributed by atoms with Gasteiger partial charge in [-0.1, -0.05) is 78.9 Å². The third-order valence-electron chi connectivity index (χ3n) is 7.28. The molecule has 8 heteroatoms. The molecule has 0 aromatic heterocycles. The molecule has 0 fully saturated rings. The number of benzene rings is 4. The highest BCUT2D eigenvalue weighted by Gasteiger charge is 2.30. The summed E-state index contributed by atoms with van der Waals surface area (Å²) in [6.45, 7) is 0.0811. The van der Waals surface area contributed by atoms with Crippen LogP contribution in [-0.2, 0) is 20.7 Å². The highest BCUT2D eigenvalue weighted by molar-refractivity contribution is 5.96. The van der Waals surface area contributed by atoms with Crippen molar-refractivity contribution in [1.82, 2.24) is 5.32 Å². The summed E-state index contributed by atoms with van der Waals surface area (Å²) in [4.78, 5) is 36.1. The number of rotatable bonds is 7. The van der Waals surface area contributed by atoms with Crippen LogP contribution in [0.25, 0.3) is 22.3 Å². The zero-order chi connectivity index (χ0) is 27.6. The van der Waals surface area contributed by atoms with E-state index in [0.29, 0.717) is 11.4 Å². The molecule has 0 saturated heterocycles. The lowest BCUT2D eigenvalue weighted by atomic mass is 9.98. The van der Waals surface area contributed by atoms with Crippen LogP contribution in [0.15, 0.2) is 91.0 Å². The van der Waals surface area contributed by atoms with Gasteiger partial charge in [0.25, 0.3) is 5.91 Å². The number of alkyl carbamates (subject to hydrolysis) is 1. The number of carboxylic acid groups (broad SMARTS) is 1. The summed E-state index contributed by atoms with van der Waals surface area (Å²) >= 11 is 0. The fourth-order valence-corrected chi connectivity index (χ4v) is 5.31. The average molecular weight is 535 g/mol. The molecule has 0 spiro atoms. The fraction of sp³-hybridized carbons (Fsp3) is 0.156. The molecule has 4 aromatic rings. The van der Waals surface area contributed by atoms with Gasteiger partial charge >= 0.3 is 12.1 Å². The van der Waals surface area contributed by atoms with Crippen LogP contribution in [0.4, 0.5) is 10.5 Å². The molecule has 200 valence electrons. The molecule has 0 saturated carbocycles. The minimum atomic E-state index is -1.15. The number of anilines is 1. The molecule has 0 bridgehead atoms. The van der Waals surface area contributed by atoms with E-state index in [4.69, 9.17) is 9.47 Å². The SMILES string of the molecule is O=C1COc2cc(-c3ccc(C[C@H](NC(=O)OCC4c5ccccc5-c5ccccc54)C(=O)O)cc3)ccc2N1. The van der Waals surface area contributed by atoms with Gasteiger partial charge in [0.05, 0.1) is 5.69 Å². The van der Waals surface area contributed by atoms with E-state index in [1.165, 1.54) is 0 Å². The second-order valence-electron chi connectivity index (χ2n) is 9.81. The van der Waals surface area contributed by atoms with Gasteiger partial charge in [-0.05, 0) is 51.1 Å². The van der Waals surface area contributed by atoms with Gasteiger partial charge in [0, 0.05) is 12.3 Å². The number of aliphatic carboxylic acids is 1. The van der Waals surface area contributed by atoms with Crippen LogP contribution in [0.3, 0.4) is 0 Å². The maximum atomic E-state index is 12.7. The summed E-state index contributed by atoms with van der Waals surface area (Å²) in [5.74, 6) is -0.852. The summed E-state index contributed by atoms with van der Waals surface area (Å²) in [5.41, 5.74) is 7.58. The molecule has 0 radical (unpaired) electrons. The number of hydrogen-bond acceptors (Lipinski definition) is 5. The zero-order valence-electron chi connectivity index (χ0n) is 21.4. The van der Waals surface area contributed by atoms with Crippen LogP contribution >= 0.6 is 0 Å². The van der Waals surface area contributed by atoms with E-state index in [-0.39, 0.29) is 31.5 Å². The molecule has 6 rings (SSSR count). The van der Waals surface area contributed by atoms with E-state index in [0.717, 1.165) is 38.9 Å². The quantitative estimate of drug-likeness (QED) is 0.300. The Morgan fingerprint density at radius 3 is 2.25 bits per heavy atom. The van der Waals surface area contributed by atoms with E-state index < -0.39 is 18.1 Å². The van der Waals surface area contributed by atoms with Crippen molar-refractivity contribution >= 4 is 23.7 Å². The lowest BCUT2D eigenvalue weighted by Crippen LogP contribution is -2.42. The van der Waals surface area contributed by atoms with Gasteiger partial charge in [-0.15, -0.1) is 0 Å². The number of fused-ring (bicyclic) bond motifs is 4. The Kier molecular flexibility index (Phi) is 6.66. The minimum Gasteiger partial charge on any atom is -0.482 e. The number of hydrogen-bond donors (Lipinski definition) is 3. The largest absolute Gasteiger partial charge is 0.482 e. The first kappa shape index (κ1) is 25.2. The maximum absolute atomic E-state index is 12.7. The van der Waals surface area contributed by atoms with Gasteiger partial charge in [-0.3, -0.25) is 4.79 Å². The highest BCUT2D eigenvalue weighted by Crippen LogP contribution is 2.44. The number of carboxylic acids is 1. The van der Waals surface area contributed by atoms with Gasteiger partial charge in [-0.2, -0.15) is 0 Å². The summed E-state index contributed by atoms with van der Waals surface area (Å²) in [5, 5.41) is 15.0. The monoisotopic (exact) mass is 534 g/mol. The summed E-state index contributed by atoms with van der Waals surface area (Å²) < 4.78 is 11.0. The van der Waals surface area contributed by atoms with E-state index in [2.05, 4.69) is 22.8 Å². The van der Waals surface area contributed by atoms with Crippen LogP contribution in [0.1, 0.15) is 22.6 Å². The fourth-order valence-electron chi connectivity index (χ4n) is 5.31. The standard InChI is InChI=1S/C32H26N2O6/c35-30-18-39-29-16-21(13-14-27(29)33-30)20-11-9-19(10-12-20)15-28(31(36)37)34-32(38)40-17-26-24-7-3-1-5-22(24)23-6-2-4-8-25(23)26/h1-14,16,26,28H,15,17-18H2,(H,33,35)(H,34,38)(H,36,37)/t28-/m0/s1. The summed E-state index contributed by atoms with van der Waals surface area (Å²) in [6, 6.07) is 27.8. The van der Waals surface area contributed by atoms with Crippen LogP contribution < -0.4 is 15.4 Å². The Bertz CT molecular complexity index is 1570. The van der Waals surface area contributed by atoms with Crippen molar-refractivity contribution in [2.45, 2.75) is 18.4 Å². The lowest BCUT2D eigenvalue weighted by molar-refractivity contribution is -0.139. The van der Waals surface area contributed by atoms with Crippen molar-refractivity contribution in [3.63, 3.8) is 0 Å². The van der Waals surface area contributed by atoms with Crippen molar-refractivity contribution in [1.29, 1.82) is 0 Å². The maximum Gasteiger partial charge on any atom is 0.407 e. The van der Waals surface area contributed by atoms with Crippen molar-refractivity contribution < 1.29 is 29.0 Å². The van der Waals surface area contributed by atoms with Crippen LogP contribution in [0, 0.1) is 0 Å². The number of ether oxygens (including phenoxy) is 2. The predicted octanol–water partition coefficient (Wildman–Crippen LogP) is 5.22. The van der Waals surface area contributed by atoms with Gasteiger partial charge in [0.2, 0.25) is 0 Å². The molecule has 40 heavy (non-hydrogen) atoms. The van der Waals surface area contributed by atoms with E-state index in [1.54, 1.807) is 6.07 Å². The van der Waals surface area contributed by atoms with E-state index in [1.807, 2.05) is 72.8 Å². The summed E-state index contributed by atoms with van der Waals surface area (Å²) in [6.07, 6.45) is -0.675.